The number of rotatable bonds is 6. The van der Waals surface area contributed by atoms with E-state index in [0.29, 0.717) is 12.8 Å². The molecule has 0 saturated carbocycles. The topological polar surface area (TPSA) is 50.9 Å². The van der Waals surface area contributed by atoms with Gasteiger partial charge in [-0.15, -0.1) is 0 Å². The standard InChI is InChI=1S/C14H19N3O/c1-2-17-10-9-16-14(17)11-13(18)7-6-12-5-3-4-8-15-12/h3-5,8-10,13,18H,2,6-7,11H2,1H3. The Labute approximate surface area is 107 Å². The number of aryl methyl sites for hydroxylation is 2. The lowest BCUT2D eigenvalue weighted by Gasteiger charge is -2.11. The van der Waals surface area contributed by atoms with E-state index in [9.17, 15) is 5.11 Å². The summed E-state index contributed by atoms with van der Waals surface area (Å²) in [4.78, 5) is 8.52. The van der Waals surface area contributed by atoms with Crippen LogP contribution in [0, 0.1) is 0 Å². The van der Waals surface area contributed by atoms with Gasteiger partial charge in [0.05, 0.1) is 6.10 Å². The second-order valence-electron chi connectivity index (χ2n) is 4.35. The summed E-state index contributed by atoms with van der Waals surface area (Å²) in [7, 11) is 0. The summed E-state index contributed by atoms with van der Waals surface area (Å²) in [5, 5.41) is 10.0. The second-order valence-corrected chi connectivity index (χ2v) is 4.35. The Kier molecular flexibility index (Phi) is 4.47. The molecule has 0 amide bonds. The number of hydrogen-bond donors (Lipinski definition) is 1. The molecule has 2 heterocycles. The Morgan fingerprint density at radius 1 is 1.28 bits per heavy atom. The van der Waals surface area contributed by atoms with E-state index in [1.54, 1.807) is 12.4 Å². The van der Waals surface area contributed by atoms with Crippen molar-refractivity contribution in [2.45, 2.75) is 38.8 Å². The first-order chi connectivity index (χ1) is 8.79. The van der Waals surface area contributed by atoms with E-state index in [1.807, 2.05) is 24.4 Å². The summed E-state index contributed by atoms with van der Waals surface area (Å²) < 4.78 is 2.06. The summed E-state index contributed by atoms with van der Waals surface area (Å²) in [6, 6.07) is 5.86. The second kappa shape index (κ2) is 6.31. The van der Waals surface area contributed by atoms with E-state index in [1.165, 1.54) is 0 Å². The molecule has 0 aliphatic carbocycles. The van der Waals surface area contributed by atoms with Crippen molar-refractivity contribution in [1.29, 1.82) is 0 Å². The minimum Gasteiger partial charge on any atom is -0.393 e. The molecule has 0 radical (unpaired) electrons. The first kappa shape index (κ1) is 12.8. The van der Waals surface area contributed by atoms with Crippen molar-refractivity contribution in [3.63, 3.8) is 0 Å². The van der Waals surface area contributed by atoms with Crippen molar-refractivity contribution in [3.8, 4) is 0 Å². The van der Waals surface area contributed by atoms with Crippen LogP contribution in [0.2, 0.25) is 0 Å². The van der Waals surface area contributed by atoms with Crippen LogP contribution in [0.5, 0.6) is 0 Å². The Bertz CT molecular complexity index is 467. The van der Waals surface area contributed by atoms with Crippen molar-refractivity contribution >= 4 is 0 Å². The Balaban J connectivity index is 1.84. The van der Waals surface area contributed by atoms with Crippen LogP contribution in [0.1, 0.15) is 24.9 Å². The van der Waals surface area contributed by atoms with Crippen molar-refractivity contribution in [3.05, 3.63) is 48.3 Å². The number of nitrogens with zero attached hydrogens (tertiary/aromatic N) is 3. The van der Waals surface area contributed by atoms with Gasteiger partial charge in [0.2, 0.25) is 0 Å². The smallest absolute Gasteiger partial charge is 0.111 e. The van der Waals surface area contributed by atoms with Gasteiger partial charge in [-0.1, -0.05) is 6.07 Å². The maximum absolute atomic E-state index is 10.0. The van der Waals surface area contributed by atoms with Crippen LogP contribution >= 0.6 is 0 Å². The van der Waals surface area contributed by atoms with Crippen molar-refractivity contribution < 1.29 is 5.11 Å². The summed E-state index contributed by atoms with van der Waals surface area (Å²) in [6.07, 6.45) is 7.27. The highest BCUT2D eigenvalue weighted by molar-refractivity contribution is 5.04. The zero-order chi connectivity index (χ0) is 12.8. The van der Waals surface area contributed by atoms with Crippen molar-refractivity contribution in [1.82, 2.24) is 14.5 Å². The summed E-state index contributed by atoms with van der Waals surface area (Å²) >= 11 is 0. The van der Waals surface area contributed by atoms with Gasteiger partial charge in [0.1, 0.15) is 5.82 Å². The van der Waals surface area contributed by atoms with E-state index in [4.69, 9.17) is 0 Å². The molecule has 0 spiro atoms. The van der Waals surface area contributed by atoms with Gasteiger partial charge < -0.3 is 9.67 Å². The highest BCUT2D eigenvalue weighted by Gasteiger charge is 2.10. The van der Waals surface area contributed by atoms with Crippen LogP contribution in [-0.2, 0) is 19.4 Å². The monoisotopic (exact) mass is 245 g/mol. The van der Waals surface area contributed by atoms with E-state index >= 15 is 0 Å². The zero-order valence-corrected chi connectivity index (χ0v) is 10.7. The third-order valence-electron chi connectivity index (χ3n) is 3.02. The predicted octanol–water partition coefficient (Wildman–Crippen LogP) is 1.83. The first-order valence-electron chi connectivity index (χ1n) is 6.37. The normalized spacial score (nSPS) is 12.6. The van der Waals surface area contributed by atoms with Gasteiger partial charge in [-0.25, -0.2) is 4.98 Å². The number of pyridine rings is 1. The molecule has 2 aromatic heterocycles. The van der Waals surface area contributed by atoms with Gasteiger partial charge in [0, 0.05) is 37.3 Å². The SMILES string of the molecule is CCn1ccnc1CC(O)CCc1ccccn1. The van der Waals surface area contributed by atoms with Gasteiger partial charge in [0.25, 0.3) is 0 Å². The van der Waals surface area contributed by atoms with Crippen LogP contribution in [0.4, 0.5) is 0 Å². The molecule has 0 bridgehead atoms. The minimum absolute atomic E-state index is 0.361. The van der Waals surface area contributed by atoms with Crippen molar-refractivity contribution in [2.24, 2.45) is 0 Å². The third kappa shape index (κ3) is 3.40. The van der Waals surface area contributed by atoms with Gasteiger partial charge in [0.15, 0.2) is 0 Å². The molecule has 18 heavy (non-hydrogen) atoms. The molecule has 0 aromatic carbocycles. The molecule has 0 aliphatic heterocycles. The van der Waals surface area contributed by atoms with Crippen LogP contribution in [0.15, 0.2) is 36.8 Å². The van der Waals surface area contributed by atoms with E-state index < -0.39 is 0 Å². The third-order valence-corrected chi connectivity index (χ3v) is 3.02. The minimum atomic E-state index is -0.361. The molecular formula is C14H19N3O. The average molecular weight is 245 g/mol. The lowest BCUT2D eigenvalue weighted by atomic mass is 10.1. The number of aromatic nitrogens is 3. The number of aliphatic hydroxyl groups excluding tert-OH is 1. The van der Waals surface area contributed by atoms with Crippen LogP contribution in [0.25, 0.3) is 0 Å². The number of aliphatic hydroxyl groups is 1. The molecule has 2 aromatic rings. The van der Waals surface area contributed by atoms with Crippen LogP contribution in [0.3, 0.4) is 0 Å². The molecule has 0 fully saturated rings. The average Bonchev–Trinajstić information content (AvgIpc) is 2.85. The van der Waals surface area contributed by atoms with E-state index in [-0.39, 0.29) is 6.10 Å². The molecule has 1 unspecified atom stereocenters. The fraction of sp³-hybridized carbons (Fsp3) is 0.429. The Hall–Kier alpha value is -1.68. The van der Waals surface area contributed by atoms with E-state index in [0.717, 1.165) is 24.5 Å². The molecule has 0 aliphatic rings. The molecule has 1 atom stereocenters. The molecule has 4 heteroatoms. The maximum Gasteiger partial charge on any atom is 0.111 e. The summed E-state index contributed by atoms with van der Waals surface area (Å²) in [6.45, 7) is 2.97. The fourth-order valence-corrected chi connectivity index (χ4v) is 1.99. The van der Waals surface area contributed by atoms with Gasteiger partial charge >= 0.3 is 0 Å². The highest BCUT2D eigenvalue weighted by Crippen LogP contribution is 2.07. The molecule has 4 nitrogen and oxygen atoms in total. The largest absolute Gasteiger partial charge is 0.393 e. The lowest BCUT2D eigenvalue weighted by Crippen LogP contribution is -2.15. The quantitative estimate of drug-likeness (QED) is 0.844. The molecular weight excluding hydrogens is 226 g/mol. The highest BCUT2D eigenvalue weighted by atomic mass is 16.3. The predicted molar refractivity (Wildman–Crippen MR) is 70.2 cm³/mol. The Morgan fingerprint density at radius 2 is 2.17 bits per heavy atom. The zero-order valence-electron chi connectivity index (χ0n) is 10.7. The number of imidazole rings is 1. The van der Waals surface area contributed by atoms with Crippen LogP contribution in [-0.4, -0.2) is 25.7 Å². The molecule has 96 valence electrons. The lowest BCUT2D eigenvalue weighted by molar-refractivity contribution is 0.161. The molecule has 1 N–H and O–H groups in total. The molecule has 2 rings (SSSR count). The van der Waals surface area contributed by atoms with E-state index in [2.05, 4.69) is 21.5 Å². The van der Waals surface area contributed by atoms with Gasteiger partial charge in [-0.05, 0) is 31.9 Å². The van der Waals surface area contributed by atoms with Gasteiger partial charge in [-0.2, -0.15) is 0 Å². The maximum atomic E-state index is 10.0. The summed E-state index contributed by atoms with van der Waals surface area (Å²) in [5.74, 6) is 0.950. The fourth-order valence-electron chi connectivity index (χ4n) is 1.99. The molecule has 0 saturated heterocycles. The first-order valence-corrected chi connectivity index (χ1v) is 6.37. The van der Waals surface area contributed by atoms with Crippen molar-refractivity contribution in [2.75, 3.05) is 0 Å². The Morgan fingerprint density at radius 3 is 2.89 bits per heavy atom. The van der Waals surface area contributed by atoms with Gasteiger partial charge in [-0.3, -0.25) is 4.98 Å². The number of hydrogen-bond acceptors (Lipinski definition) is 3. The van der Waals surface area contributed by atoms with Crippen LogP contribution < -0.4 is 0 Å². The summed E-state index contributed by atoms with van der Waals surface area (Å²) in [5.41, 5.74) is 1.02.